The van der Waals surface area contributed by atoms with E-state index < -0.39 is 0 Å². The fourth-order valence-electron chi connectivity index (χ4n) is 2.67. The Hall–Kier alpha value is -0.860. The lowest BCUT2D eigenvalue weighted by Gasteiger charge is -2.25. The topological polar surface area (TPSA) is 15.3 Å². The molecule has 0 aliphatic rings. The molecule has 0 saturated carbocycles. The first-order valence-electron chi connectivity index (χ1n) is 8.15. The van der Waals surface area contributed by atoms with Crippen LogP contribution in [0.25, 0.3) is 0 Å². The van der Waals surface area contributed by atoms with Gasteiger partial charge in [0.05, 0.1) is 0 Å². The number of aryl methyl sites for hydroxylation is 2. The standard InChI is InChI=1S/C18H32N2/c1-6-12-19-18(11-13-20(7-2)8-3)17-14-15(4)9-10-16(17)5/h9-10,14,18-19H,6-8,11-13H2,1-5H3. The van der Waals surface area contributed by atoms with Gasteiger partial charge in [-0.2, -0.15) is 0 Å². The highest BCUT2D eigenvalue weighted by atomic mass is 15.1. The molecule has 1 atom stereocenters. The maximum atomic E-state index is 3.73. The van der Waals surface area contributed by atoms with Crippen molar-refractivity contribution in [2.45, 2.75) is 53.5 Å². The summed E-state index contributed by atoms with van der Waals surface area (Å²) in [5.41, 5.74) is 4.24. The van der Waals surface area contributed by atoms with Crippen LogP contribution >= 0.6 is 0 Å². The highest BCUT2D eigenvalue weighted by Gasteiger charge is 2.14. The van der Waals surface area contributed by atoms with Crippen LogP contribution in [0.15, 0.2) is 18.2 Å². The summed E-state index contributed by atoms with van der Waals surface area (Å²) >= 11 is 0. The molecule has 20 heavy (non-hydrogen) atoms. The average molecular weight is 276 g/mol. The molecule has 0 aliphatic heterocycles. The van der Waals surface area contributed by atoms with Crippen molar-refractivity contribution in [3.8, 4) is 0 Å². The molecule has 114 valence electrons. The zero-order valence-corrected chi connectivity index (χ0v) is 14.0. The van der Waals surface area contributed by atoms with Crippen LogP contribution in [-0.4, -0.2) is 31.1 Å². The van der Waals surface area contributed by atoms with Gasteiger partial charge in [0.1, 0.15) is 0 Å². The van der Waals surface area contributed by atoms with Crippen LogP contribution in [0.3, 0.4) is 0 Å². The normalized spacial score (nSPS) is 12.9. The van der Waals surface area contributed by atoms with Gasteiger partial charge in [-0.15, -0.1) is 0 Å². The van der Waals surface area contributed by atoms with Crippen LogP contribution in [0.1, 0.15) is 56.3 Å². The van der Waals surface area contributed by atoms with Crippen molar-refractivity contribution in [1.29, 1.82) is 0 Å². The van der Waals surface area contributed by atoms with Crippen molar-refractivity contribution in [3.05, 3.63) is 34.9 Å². The summed E-state index contributed by atoms with van der Waals surface area (Å²) in [6, 6.07) is 7.30. The van der Waals surface area contributed by atoms with Gasteiger partial charge in [0, 0.05) is 6.04 Å². The van der Waals surface area contributed by atoms with Crippen molar-refractivity contribution in [3.63, 3.8) is 0 Å². The van der Waals surface area contributed by atoms with Crippen molar-refractivity contribution in [2.24, 2.45) is 0 Å². The van der Waals surface area contributed by atoms with Crippen LogP contribution in [-0.2, 0) is 0 Å². The van der Waals surface area contributed by atoms with Gasteiger partial charge in [-0.25, -0.2) is 0 Å². The van der Waals surface area contributed by atoms with Gasteiger partial charge in [0.25, 0.3) is 0 Å². The Bertz CT molecular complexity index is 383. The lowest BCUT2D eigenvalue weighted by molar-refractivity contribution is 0.281. The first-order chi connectivity index (χ1) is 9.62. The minimum Gasteiger partial charge on any atom is -0.310 e. The second kappa shape index (κ2) is 9.15. The smallest absolute Gasteiger partial charge is 0.0335 e. The van der Waals surface area contributed by atoms with E-state index in [1.165, 1.54) is 36.1 Å². The number of hydrogen-bond acceptors (Lipinski definition) is 2. The Balaban J connectivity index is 2.79. The molecule has 1 rings (SSSR count). The van der Waals surface area contributed by atoms with Crippen molar-refractivity contribution in [1.82, 2.24) is 10.2 Å². The summed E-state index contributed by atoms with van der Waals surface area (Å²) in [6.07, 6.45) is 2.37. The Labute approximate surface area is 125 Å². The molecule has 2 nitrogen and oxygen atoms in total. The van der Waals surface area contributed by atoms with Gasteiger partial charge in [0.15, 0.2) is 0 Å². The minimum atomic E-state index is 0.482. The third-order valence-corrected chi connectivity index (χ3v) is 4.08. The fraction of sp³-hybridized carbons (Fsp3) is 0.667. The summed E-state index contributed by atoms with van der Waals surface area (Å²) in [6.45, 7) is 15.7. The molecule has 0 spiro atoms. The number of benzene rings is 1. The molecule has 0 fully saturated rings. The minimum absolute atomic E-state index is 0.482. The van der Waals surface area contributed by atoms with Gasteiger partial charge in [-0.3, -0.25) is 0 Å². The second-order valence-electron chi connectivity index (χ2n) is 5.68. The molecule has 2 heteroatoms. The molecule has 1 aromatic carbocycles. The first-order valence-corrected chi connectivity index (χ1v) is 8.15. The molecule has 0 aromatic heterocycles. The van der Waals surface area contributed by atoms with Crippen LogP contribution in [0.5, 0.6) is 0 Å². The molecule has 1 N–H and O–H groups in total. The molecule has 0 amide bonds. The highest BCUT2D eigenvalue weighted by molar-refractivity contribution is 5.33. The zero-order valence-electron chi connectivity index (χ0n) is 14.0. The van der Waals surface area contributed by atoms with E-state index in [0.717, 1.165) is 19.6 Å². The Kier molecular flexibility index (Phi) is 7.86. The van der Waals surface area contributed by atoms with E-state index in [1.807, 2.05) is 0 Å². The maximum absolute atomic E-state index is 3.73. The quantitative estimate of drug-likeness (QED) is 0.731. The Morgan fingerprint density at radius 3 is 2.40 bits per heavy atom. The molecule has 0 saturated heterocycles. The monoisotopic (exact) mass is 276 g/mol. The molecular formula is C18H32N2. The number of nitrogens with zero attached hydrogens (tertiary/aromatic N) is 1. The third-order valence-electron chi connectivity index (χ3n) is 4.08. The number of rotatable bonds is 9. The molecule has 0 radical (unpaired) electrons. The summed E-state index contributed by atoms with van der Waals surface area (Å²) in [4.78, 5) is 2.51. The summed E-state index contributed by atoms with van der Waals surface area (Å²) in [5.74, 6) is 0. The van der Waals surface area contributed by atoms with E-state index in [2.05, 4.69) is 63.0 Å². The zero-order chi connectivity index (χ0) is 15.0. The van der Waals surface area contributed by atoms with Gasteiger partial charge in [0.2, 0.25) is 0 Å². The van der Waals surface area contributed by atoms with Gasteiger partial charge in [-0.05, 0) is 64.0 Å². The Morgan fingerprint density at radius 2 is 1.80 bits per heavy atom. The predicted molar refractivity (Wildman–Crippen MR) is 89.4 cm³/mol. The maximum Gasteiger partial charge on any atom is 0.0335 e. The summed E-state index contributed by atoms with van der Waals surface area (Å²) in [7, 11) is 0. The van der Waals surface area contributed by atoms with E-state index in [-0.39, 0.29) is 0 Å². The molecular weight excluding hydrogens is 244 g/mol. The van der Waals surface area contributed by atoms with Crippen LogP contribution < -0.4 is 5.32 Å². The van der Waals surface area contributed by atoms with E-state index in [4.69, 9.17) is 0 Å². The van der Waals surface area contributed by atoms with Crippen molar-refractivity contribution >= 4 is 0 Å². The lowest BCUT2D eigenvalue weighted by Crippen LogP contribution is -2.30. The van der Waals surface area contributed by atoms with Crippen molar-refractivity contribution < 1.29 is 0 Å². The largest absolute Gasteiger partial charge is 0.310 e. The van der Waals surface area contributed by atoms with Gasteiger partial charge >= 0.3 is 0 Å². The SMILES string of the molecule is CCCNC(CCN(CC)CC)c1cc(C)ccc1C. The molecule has 0 bridgehead atoms. The van der Waals surface area contributed by atoms with E-state index in [0.29, 0.717) is 6.04 Å². The number of hydrogen-bond donors (Lipinski definition) is 1. The van der Waals surface area contributed by atoms with Crippen LogP contribution in [0, 0.1) is 13.8 Å². The van der Waals surface area contributed by atoms with E-state index in [1.54, 1.807) is 0 Å². The molecule has 1 aromatic rings. The first kappa shape index (κ1) is 17.2. The fourth-order valence-corrected chi connectivity index (χ4v) is 2.67. The predicted octanol–water partition coefficient (Wildman–Crippen LogP) is 4.08. The van der Waals surface area contributed by atoms with Gasteiger partial charge < -0.3 is 10.2 Å². The van der Waals surface area contributed by atoms with Crippen LogP contribution in [0.2, 0.25) is 0 Å². The van der Waals surface area contributed by atoms with Crippen LogP contribution in [0.4, 0.5) is 0 Å². The summed E-state index contributed by atoms with van der Waals surface area (Å²) in [5, 5.41) is 3.73. The van der Waals surface area contributed by atoms with E-state index in [9.17, 15) is 0 Å². The second-order valence-corrected chi connectivity index (χ2v) is 5.68. The average Bonchev–Trinajstić information content (AvgIpc) is 2.46. The molecule has 0 aliphatic carbocycles. The summed E-state index contributed by atoms with van der Waals surface area (Å²) < 4.78 is 0. The molecule has 0 heterocycles. The van der Waals surface area contributed by atoms with Crippen molar-refractivity contribution in [2.75, 3.05) is 26.2 Å². The van der Waals surface area contributed by atoms with Gasteiger partial charge in [-0.1, -0.05) is 44.5 Å². The number of nitrogens with one attached hydrogen (secondary N) is 1. The highest BCUT2D eigenvalue weighted by Crippen LogP contribution is 2.22. The van der Waals surface area contributed by atoms with E-state index >= 15 is 0 Å². The lowest BCUT2D eigenvalue weighted by atomic mass is 9.96. The third kappa shape index (κ3) is 5.26. The molecule has 1 unspecified atom stereocenters. The Morgan fingerprint density at radius 1 is 1.10 bits per heavy atom.